The van der Waals surface area contributed by atoms with Crippen LogP contribution < -0.4 is 5.46 Å². The van der Waals surface area contributed by atoms with E-state index in [2.05, 4.69) is 5.10 Å². The van der Waals surface area contributed by atoms with Crippen molar-refractivity contribution in [1.82, 2.24) is 9.78 Å². The molecule has 0 aromatic carbocycles. The van der Waals surface area contributed by atoms with Gasteiger partial charge < -0.3 is 14.4 Å². The van der Waals surface area contributed by atoms with Crippen LogP contribution in [0.3, 0.4) is 0 Å². The molecule has 0 saturated carbocycles. The maximum absolute atomic E-state index is 9.27. The Kier molecular flexibility index (Phi) is 2.84. The van der Waals surface area contributed by atoms with Gasteiger partial charge in [-0.2, -0.15) is 5.10 Å². The minimum atomic E-state index is -0.462. The maximum atomic E-state index is 9.27. The van der Waals surface area contributed by atoms with Crippen molar-refractivity contribution in [3.05, 3.63) is 11.9 Å². The average molecular weight is 238 g/mol. The molecule has 1 aliphatic heterocycles. The molecule has 0 radical (unpaired) electrons. The first kappa shape index (κ1) is 12.6. The van der Waals surface area contributed by atoms with Gasteiger partial charge >= 0.3 is 7.12 Å². The van der Waals surface area contributed by atoms with Crippen LogP contribution in [0.5, 0.6) is 0 Å². The quantitative estimate of drug-likeness (QED) is 0.748. The Morgan fingerprint density at radius 3 is 2.29 bits per heavy atom. The summed E-state index contributed by atoms with van der Waals surface area (Å²) >= 11 is 0. The number of hydrogen-bond acceptors (Lipinski definition) is 4. The Morgan fingerprint density at radius 2 is 1.82 bits per heavy atom. The second-order valence-electron chi connectivity index (χ2n) is 5.45. The van der Waals surface area contributed by atoms with E-state index in [4.69, 9.17) is 9.31 Å². The highest BCUT2D eigenvalue weighted by atomic mass is 16.7. The van der Waals surface area contributed by atoms with Gasteiger partial charge in [-0.25, -0.2) is 0 Å². The van der Waals surface area contributed by atoms with Gasteiger partial charge in [0.1, 0.15) is 0 Å². The van der Waals surface area contributed by atoms with E-state index in [1.165, 1.54) is 0 Å². The fourth-order valence-corrected chi connectivity index (χ4v) is 1.84. The Balaban J connectivity index is 2.31. The molecule has 0 bridgehead atoms. The number of aryl methyl sites for hydroxylation is 1. The molecule has 5 nitrogen and oxygen atoms in total. The lowest BCUT2D eigenvalue weighted by Crippen LogP contribution is -2.41. The topological polar surface area (TPSA) is 56.5 Å². The van der Waals surface area contributed by atoms with Crippen LogP contribution in [0, 0.1) is 0 Å². The van der Waals surface area contributed by atoms with Crippen molar-refractivity contribution < 1.29 is 14.4 Å². The van der Waals surface area contributed by atoms with Crippen LogP contribution in [-0.2, 0) is 23.0 Å². The van der Waals surface area contributed by atoms with Crippen LogP contribution in [-0.4, -0.2) is 33.2 Å². The number of rotatable bonds is 2. The van der Waals surface area contributed by atoms with Crippen molar-refractivity contribution in [3.63, 3.8) is 0 Å². The van der Waals surface area contributed by atoms with Crippen molar-refractivity contribution in [3.8, 4) is 0 Å². The molecule has 1 aromatic rings. The molecule has 17 heavy (non-hydrogen) atoms. The van der Waals surface area contributed by atoms with Gasteiger partial charge in [0.2, 0.25) is 0 Å². The number of aromatic nitrogens is 2. The standard InChI is InChI=1S/C11H19BN2O3/c1-10(2)11(3,4)17-12(16-10)8-6-14(5)13-9(8)7-15/h6,15H,7H2,1-5H3. The molecule has 6 heteroatoms. The SMILES string of the molecule is Cn1cc(B2OC(C)(C)C(C)(C)O2)c(CO)n1. The summed E-state index contributed by atoms with van der Waals surface area (Å²) in [7, 11) is 1.35. The Morgan fingerprint density at radius 1 is 1.29 bits per heavy atom. The largest absolute Gasteiger partial charge is 0.498 e. The van der Waals surface area contributed by atoms with Crippen LogP contribution in [0.15, 0.2) is 6.20 Å². The number of aliphatic hydroxyl groups is 1. The minimum Gasteiger partial charge on any atom is -0.399 e. The third kappa shape index (κ3) is 2.01. The van der Waals surface area contributed by atoms with Gasteiger partial charge in [0.15, 0.2) is 0 Å². The zero-order chi connectivity index (χ0) is 12.8. The highest BCUT2D eigenvalue weighted by molar-refractivity contribution is 6.62. The van der Waals surface area contributed by atoms with Crippen LogP contribution in [0.1, 0.15) is 33.4 Å². The number of hydrogen-bond donors (Lipinski definition) is 1. The van der Waals surface area contributed by atoms with Crippen LogP contribution in [0.2, 0.25) is 0 Å². The third-order valence-electron chi connectivity index (χ3n) is 3.59. The zero-order valence-corrected chi connectivity index (χ0v) is 11.0. The summed E-state index contributed by atoms with van der Waals surface area (Å²) in [5.41, 5.74) is 0.653. The first-order valence-corrected chi connectivity index (χ1v) is 5.76. The highest BCUT2D eigenvalue weighted by Crippen LogP contribution is 2.36. The van der Waals surface area contributed by atoms with Crippen molar-refractivity contribution in [2.45, 2.75) is 45.5 Å². The normalized spacial score (nSPS) is 22.1. The molecule has 1 aromatic heterocycles. The number of aliphatic hydroxyl groups excluding tert-OH is 1. The van der Waals surface area contributed by atoms with E-state index in [1.54, 1.807) is 4.68 Å². The molecule has 0 amide bonds. The van der Waals surface area contributed by atoms with Crippen molar-refractivity contribution >= 4 is 12.6 Å². The molecule has 2 heterocycles. The van der Waals surface area contributed by atoms with Gasteiger partial charge in [-0.15, -0.1) is 0 Å². The van der Waals surface area contributed by atoms with Crippen LogP contribution in [0.4, 0.5) is 0 Å². The fourth-order valence-electron chi connectivity index (χ4n) is 1.84. The summed E-state index contributed by atoms with van der Waals surface area (Å²) < 4.78 is 13.5. The van der Waals surface area contributed by atoms with E-state index < -0.39 is 7.12 Å². The van der Waals surface area contributed by atoms with Crippen LogP contribution in [0.25, 0.3) is 0 Å². The lowest BCUT2D eigenvalue weighted by Gasteiger charge is -2.32. The van der Waals surface area contributed by atoms with E-state index in [0.717, 1.165) is 5.46 Å². The van der Waals surface area contributed by atoms with E-state index in [0.29, 0.717) is 5.69 Å². The average Bonchev–Trinajstić information content (AvgIpc) is 2.65. The second kappa shape index (κ2) is 3.83. The van der Waals surface area contributed by atoms with Crippen molar-refractivity contribution in [1.29, 1.82) is 0 Å². The van der Waals surface area contributed by atoms with Crippen molar-refractivity contribution in [2.75, 3.05) is 0 Å². The Bertz CT molecular complexity index is 412. The minimum absolute atomic E-state index is 0.111. The molecule has 94 valence electrons. The summed E-state index contributed by atoms with van der Waals surface area (Å²) in [5, 5.41) is 13.4. The van der Waals surface area contributed by atoms with Gasteiger partial charge in [0, 0.05) is 18.7 Å². The first-order chi connectivity index (χ1) is 7.77. The molecular weight excluding hydrogens is 219 g/mol. The molecule has 0 atom stereocenters. The summed E-state index contributed by atoms with van der Waals surface area (Å²) in [6, 6.07) is 0. The monoisotopic (exact) mass is 238 g/mol. The fraction of sp³-hybridized carbons (Fsp3) is 0.727. The molecule has 2 rings (SSSR count). The molecule has 0 unspecified atom stereocenters. The third-order valence-corrected chi connectivity index (χ3v) is 3.59. The molecule has 1 aliphatic rings. The summed E-state index contributed by atoms with van der Waals surface area (Å²) in [6.07, 6.45) is 1.83. The molecule has 0 spiro atoms. The molecule has 1 fully saturated rings. The maximum Gasteiger partial charge on any atom is 0.498 e. The van der Waals surface area contributed by atoms with Crippen molar-refractivity contribution in [2.24, 2.45) is 7.05 Å². The predicted molar refractivity (Wildman–Crippen MR) is 64.8 cm³/mol. The highest BCUT2D eigenvalue weighted by Gasteiger charge is 2.52. The van der Waals surface area contributed by atoms with Gasteiger partial charge in [-0.3, -0.25) is 4.68 Å². The summed E-state index contributed by atoms with van der Waals surface area (Å²) in [4.78, 5) is 0. The molecule has 1 saturated heterocycles. The van der Waals surface area contributed by atoms with E-state index in [1.807, 2.05) is 40.9 Å². The Hall–Kier alpha value is -0.845. The zero-order valence-electron chi connectivity index (χ0n) is 11.0. The van der Waals surface area contributed by atoms with E-state index >= 15 is 0 Å². The molecule has 0 aliphatic carbocycles. The second-order valence-corrected chi connectivity index (χ2v) is 5.45. The number of nitrogens with zero attached hydrogens (tertiary/aromatic N) is 2. The van der Waals surface area contributed by atoms with Gasteiger partial charge in [-0.05, 0) is 27.7 Å². The van der Waals surface area contributed by atoms with Gasteiger partial charge in [0.05, 0.1) is 23.5 Å². The first-order valence-electron chi connectivity index (χ1n) is 5.76. The molecule has 1 N–H and O–H groups in total. The van der Waals surface area contributed by atoms with E-state index in [-0.39, 0.29) is 17.8 Å². The molecular formula is C11H19BN2O3. The smallest absolute Gasteiger partial charge is 0.399 e. The summed E-state index contributed by atoms with van der Waals surface area (Å²) in [6.45, 7) is 7.90. The van der Waals surface area contributed by atoms with Gasteiger partial charge in [0.25, 0.3) is 0 Å². The van der Waals surface area contributed by atoms with Crippen LogP contribution >= 0.6 is 0 Å². The van der Waals surface area contributed by atoms with E-state index in [9.17, 15) is 5.11 Å². The Labute approximate surface area is 102 Å². The summed E-state index contributed by atoms with van der Waals surface area (Å²) in [5.74, 6) is 0. The lowest BCUT2D eigenvalue weighted by atomic mass is 9.79. The predicted octanol–water partition coefficient (Wildman–Crippen LogP) is 0.212. The van der Waals surface area contributed by atoms with Gasteiger partial charge in [-0.1, -0.05) is 0 Å². The lowest BCUT2D eigenvalue weighted by molar-refractivity contribution is 0.00578.